The molecule has 0 aliphatic rings. The van der Waals surface area contributed by atoms with Crippen molar-refractivity contribution in [3.63, 3.8) is 0 Å². The van der Waals surface area contributed by atoms with Crippen LogP contribution >= 0.6 is 0 Å². The molecule has 0 heterocycles. The summed E-state index contributed by atoms with van der Waals surface area (Å²) in [5, 5.41) is 0. The molecule has 2 nitrogen and oxygen atoms in total. The van der Waals surface area contributed by atoms with Crippen LogP contribution < -0.4 is 11.3 Å². The number of hydrogen-bond donors (Lipinski definition) is 2. The van der Waals surface area contributed by atoms with Gasteiger partial charge in [-0.1, -0.05) is 27.7 Å². The maximum atomic E-state index is 3.67. The van der Waals surface area contributed by atoms with Crippen molar-refractivity contribution < 1.29 is 5.84 Å². The van der Waals surface area contributed by atoms with Gasteiger partial charge in [0.1, 0.15) is 0 Å². The first-order valence-electron chi connectivity index (χ1n) is 3.55. The standard InChI is InChI=1S/C7H18N2/c1-5-6(9-8)7(2,3)4/h6,9H,5,8H2,1-4H3/p+1/t6-/m1/s1. The summed E-state index contributed by atoms with van der Waals surface area (Å²) in [6.45, 7) is 8.84. The van der Waals surface area contributed by atoms with E-state index in [1.54, 1.807) is 0 Å². The summed E-state index contributed by atoms with van der Waals surface area (Å²) in [5.74, 6) is 3.67. The first-order valence-corrected chi connectivity index (χ1v) is 3.55. The highest BCUT2D eigenvalue weighted by molar-refractivity contribution is 4.75. The van der Waals surface area contributed by atoms with E-state index >= 15 is 0 Å². The minimum Gasteiger partial charge on any atom is -0.280 e. The van der Waals surface area contributed by atoms with Gasteiger partial charge in [0.25, 0.3) is 0 Å². The maximum absolute atomic E-state index is 3.67. The Balaban J connectivity index is 3.79. The highest BCUT2D eigenvalue weighted by Gasteiger charge is 2.22. The summed E-state index contributed by atoms with van der Waals surface area (Å²) in [5.41, 5.74) is 3.39. The van der Waals surface area contributed by atoms with Crippen LogP contribution in [0.4, 0.5) is 0 Å². The Hall–Kier alpha value is -0.0800. The van der Waals surface area contributed by atoms with Gasteiger partial charge in [0.15, 0.2) is 0 Å². The summed E-state index contributed by atoms with van der Waals surface area (Å²) in [6.07, 6.45) is 1.15. The summed E-state index contributed by atoms with van der Waals surface area (Å²) >= 11 is 0. The molecule has 0 aromatic heterocycles. The molecule has 0 amide bonds. The van der Waals surface area contributed by atoms with Crippen LogP contribution in [0.2, 0.25) is 0 Å². The van der Waals surface area contributed by atoms with Crippen molar-refractivity contribution in [3.05, 3.63) is 0 Å². The molecule has 0 saturated heterocycles. The van der Waals surface area contributed by atoms with E-state index in [-0.39, 0.29) is 0 Å². The SMILES string of the molecule is CC[C@@H](N[NH3+])C(C)(C)C. The number of quaternary nitrogens is 1. The zero-order chi connectivity index (χ0) is 7.49. The summed E-state index contributed by atoms with van der Waals surface area (Å²) in [4.78, 5) is 0. The van der Waals surface area contributed by atoms with Gasteiger partial charge in [0.05, 0.1) is 6.04 Å². The smallest absolute Gasteiger partial charge is 0.0599 e. The van der Waals surface area contributed by atoms with E-state index in [1.807, 2.05) is 0 Å². The molecule has 0 aromatic rings. The normalized spacial score (nSPS) is 15.7. The first-order chi connectivity index (χ1) is 4.02. The minimum absolute atomic E-state index is 0.344. The second-order valence-corrected chi connectivity index (χ2v) is 3.53. The van der Waals surface area contributed by atoms with E-state index in [0.717, 1.165) is 6.42 Å². The van der Waals surface area contributed by atoms with E-state index in [1.165, 1.54) is 0 Å². The Bertz CT molecular complexity index is 69.5. The quantitative estimate of drug-likeness (QED) is 0.528. The molecule has 56 valence electrons. The van der Waals surface area contributed by atoms with Crippen molar-refractivity contribution in [1.29, 1.82) is 0 Å². The van der Waals surface area contributed by atoms with E-state index < -0.39 is 0 Å². The molecule has 0 bridgehead atoms. The van der Waals surface area contributed by atoms with Gasteiger partial charge in [-0.15, -0.1) is 0 Å². The molecule has 0 saturated carbocycles. The molecule has 4 N–H and O–H groups in total. The zero-order valence-corrected chi connectivity index (χ0v) is 6.99. The second kappa shape index (κ2) is 3.18. The maximum Gasteiger partial charge on any atom is 0.0599 e. The van der Waals surface area contributed by atoms with Gasteiger partial charge in [-0.2, -0.15) is 5.43 Å². The molecule has 0 spiro atoms. The lowest BCUT2D eigenvalue weighted by atomic mass is 9.86. The third kappa shape index (κ3) is 2.82. The lowest BCUT2D eigenvalue weighted by Crippen LogP contribution is -2.70. The van der Waals surface area contributed by atoms with Gasteiger partial charge >= 0.3 is 0 Å². The van der Waals surface area contributed by atoms with Crippen LogP contribution in [0.25, 0.3) is 0 Å². The average molecular weight is 131 g/mol. The van der Waals surface area contributed by atoms with Crippen molar-refractivity contribution in [2.45, 2.75) is 40.2 Å². The van der Waals surface area contributed by atoms with Gasteiger partial charge in [-0.25, -0.2) is 0 Å². The molecule has 0 radical (unpaired) electrons. The molecule has 2 heteroatoms. The third-order valence-corrected chi connectivity index (χ3v) is 1.70. The lowest BCUT2D eigenvalue weighted by Gasteiger charge is -2.26. The molecule has 0 aromatic carbocycles. The Morgan fingerprint density at radius 2 is 1.89 bits per heavy atom. The van der Waals surface area contributed by atoms with Crippen LogP contribution in [-0.2, 0) is 0 Å². The van der Waals surface area contributed by atoms with Crippen molar-refractivity contribution in [2.75, 3.05) is 0 Å². The van der Waals surface area contributed by atoms with Crippen LogP contribution in [0, 0.1) is 5.41 Å². The highest BCUT2D eigenvalue weighted by Crippen LogP contribution is 2.19. The zero-order valence-electron chi connectivity index (χ0n) is 6.99. The van der Waals surface area contributed by atoms with Crippen molar-refractivity contribution >= 4 is 0 Å². The van der Waals surface area contributed by atoms with E-state index in [4.69, 9.17) is 0 Å². The van der Waals surface area contributed by atoms with Gasteiger partial charge in [-0.05, 0) is 11.8 Å². The predicted molar refractivity (Wildman–Crippen MR) is 39.6 cm³/mol. The van der Waals surface area contributed by atoms with Gasteiger partial charge in [0.2, 0.25) is 0 Å². The fourth-order valence-corrected chi connectivity index (χ4v) is 1.06. The second-order valence-electron chi connectivity index (χ2n) is 3.53. The monoisotopic (exact) mass is 131 g/mol. The van der Waals surface area contributed by atoms with Crippen LogP contribution in [0.5, 0.6) is 0 Å². The minimum atomic E-state index is 0.344. The Kier molecular flexibility index (Phi) is 3.15. The van der Waals surface area contributed by atoms with Crippen LogP contribution in [-0.4, -0.2) is 6.04 Å². The number of hydrogen-bond acceptors (Lipinski definition) is 1. The van der Waals surface area contributed by atoms with E-state index in [0.29, 0.717) is 11.5 Å². The fourth-order valence-electron chi connectivity index (χ4n) is 1.06. The van der Waals surface area contributed by atoms with Gasteiger partial charge in [0, 0.05) is 0 Å². The van der Waals surface area contributed by atoms with Gasteiger partial charge < -0.3 is 0 Å². The van der Waals surface area contributed by atoms with E-state index in [9.17, 15) is 0 Å². The highest BCUT2D eigenvalue weighted by atomic mass is 15.2. The molecule has 0 unspecified atom stereocenters. The first kappa shape index (κ1) is 8.92. The molecule has 9 heavy (non-hydrogen) atoms. The lowest BCUT2D eigenvalue weighted by molar-refractivity contribution is -0.456. The Labute approximate surface area is 57.8 Å². The van der Waals surface area contributed by atoms with Crippen LogP contribution in [0.3, 0.4) is 0 Å². The Morgan fingerprint density at radius 1 is 1.44 bits per heavy atom. The number of rotatable bonds is 2. The topological polar surface area (TPSA) is 39.7 Å². The van der Waals surface area contributed by atoms with Crippen molar-refractivity contribution in [3.8, 4) is 0 Å². The Morgan fingerprint density at radius 3 is 1.89 bits per heavy atom. The predicted octanol–water partition coefficient (Wildman–Crippen LogP) is 0.558. The molecule has 0 aliphatic heterocycles. The molecule has 0 rings (SSSR count). The summed E-state index contributed by atoms with van der Waals surface area (Å²) in [7, 11) is 0. The third-order valence-electron chi connectivity index (χ3n) is 1.70. The fraction of sp³-hybridized carbons (Fsp3) is 1.00. The van der Waals surface area contributed by atoms with Gasteiger partial charge in [-0.3, -0.25) is 5.84 Å². The van der Waals surface area contributed by atoms with Crippen molar-refractivity contribution in [1.82, 2.24) is 5.43 Å². The molecule has 1 atom stereocenters. The molecular weight excluding hydrogens is 112 g/mol. The average Bonchev–Trinajstić information content (AvgIpc) is 1.65. The summed E-state index contributed by atoms with van der Waals surface area (Å²) < 4.78 is 0. The van der Waals surface area contributed by atoms with Crippen LogP contribution in [0.15, 0.2) is 0 Å². The largest absolute Gasteiger partial charge is 0.280 e. The summed E-state index contributed by atoms with van der Waals surface area (Å²) in [6, 6.07) is 0.539. The van der Waals surface area contributed by atoms with E-state index in [2.05, 4.69) is 39.0 Å². The molecule has 0 aliphatic carbocycles. The molecule has 0 fully saturated rings. The van der Waals surface area contributed by atoms with Crippen molar-refractivity contribution in [2.24, 2.45) is 5.41 Å². The number of nitrogens with one attached hydrogen (secondary N) is 1. The van der Waals surface area contributed by atoms with Crippen LogP contribution in [0.1, 0.15) is 34.1 Å². The molecular formula is C7H19N2+.